The van der Waals surface area contributed by atoms with Gasteiger partial charge in [-0.25, -0.2) is 0 Å². The van der Waals surface area contributed by atoms with Gasteiger partial charge in [0.1, 0.15) is 5.75 Å². The molecule has 0 unspecified atom stereocenters. The molecular weight excluding hydrogens is 246 g/mol. The molecule has 3 rings (SSSR count). The van der Waals surface area contributed by atoms with Crippen LogP contribution >= 0.6 is 0 Å². The summed E-state index contributed by atoms with van der Waals surface area (Å²) in [5.41, 5.74) is 4.64. The second-order valence-electron chi connectivity index (χ2n) is 4.91. The zero-order valence-corrected chi connectivity index (χ0v) is 11.7. The van der Waals surface area contributed by atoms with Gasteiger partial charge in [0.2, 0.25) is 0 Å². The topological polar surface area (TPSA) is 25.2 Å². The summed E-state index contributed by atoms with van der Waals surface area (Å²) >= 11 is 0. The van der Waals surface area contributed by atoms with Crippen molar-refractivity contribution in [2.45, 2.75) is 13.8 Å². The van der Waals surface area contributed by atoms with E-state index in [0.717, 1.165) is 5.69 Å². The number of aromatic hydroxyl groups is 1. The predicted octanol–water partition coefficient (Wildman–Crippen LogP) is 4.76. The fraction of sp³-hybridized carbons (Fsp3) is 0.111. The minimum Gasteiger partial charge on any atom is -0.508 e. The number of hydrogen-bond acceptors (Lipinski definition) is 1. The molecular formula is C18H17NO. The first kappa shape index (κ1) is 12.5. The normalized spacial score (nSPS) is 12.0. The van der Waals surface area contributed by atoms with Crippen LogP contribution in [0.5, 0.6) is 5.75 Å². The first-order valence-electron chi connectivity index (χ1n) is 6.74. The summed E-state index contributed by atoms with van der Waals surface area (Å²) in [5.74, 6) is 0.287. The Morgan fingerprint density at radius 3 is 2.45 bits per heavy atom. The van der Waals surface area contributed by atoms with Crippen molar-refractivity contribution in [1.82, 2.24) is 4.57 Å². The van der Waals surface area contributed by atoms with Gasteiger partial charge in [-0.3, -0.25) is 0 Å². The van der Waals surface area contributed by atoms with Crippen LogP contribution in [0.1, 0.15) is 19.5 Å². The van der Waals surface area contributed by atoms with Crippen LogP contribution in [0.3, 0.4) is 0 Å². The Morgan fingerprint density at radius 1 is 1.05 bits per heavy atom. The Hall–Kier alpha value is -2.48. The highest BCUT2D eigenvalue weighted by Gasteiger charge is 2.11. The number of para-hydroxylation sites is 1. The molecule has 20 heavy (non-hydrogen) atoms. The smallest absolute Gasteiger partial charge is 0.115 e. The van der Waals surface area contributed by atoms with Crippen molar-refractivity contribution < 1.29 is 5.11 Å². The molecule has 0 saturated carbocycles. The number of hydrogen-bond donors (Lipinski definition) is 1. The molecule has 0 radical (unpaired) electrons. The van der Waals surface area contributed by atoms with Gasteiger partial charge in [-0.1, -0.05) is 24.3 Å². The minimum atomic E-state index is 0.287. The van der Waals surface area contributed by atoms with Gasteiger partial charge in [0, 0.05) is 16.8 Å². The van der Waals surface area contributed by atoms with Crippen molar-refractivity contribution in [2.75, 3.05) is 0 Å². The van der Waals surface area contributed by atoms with Gasteiger partial charge in [0.05, 0.1) is 5.52 Å². The second kappa shape index (κ2) is 4.89. The van der Waals surface area contributed by atoms with E-state index < -0.39 is 0 Å². The summed E-state index contributed by atoms with van der Waals surface area (Å²) < 4.78 is 2.23. The Labute approximate surface area is 118 Å². The molecule has 0 atom stereocenters. The molecule has 0 bridgehead atoms. The molecule has 0 fully saturated rings. The van der Waals surface area contributed by atoms with Gasteiger partial charge in [-0.05, 0) is 55.8 Å². The third-order valence-electron chi connectivity index (χ3n) is 3.66. The number of rotatable bonds is 2. The van der Waals surface area contributed by atoms with Crippen LogP contribution in [0.4, 0.5) is 0 Å². The van der Waals surface area contributed by atoms with Gasteiger partial charge in [0.25, 0.3) is 0 Å². The van der Waals surface area contributed by atoms with E-state index in [1.165, 1.54) is 22.2 Å². The minimum absolute atomic E-state index is 0.287. The zero-order valence-electron chi connectivity index (χ0n) is 11.7. The van der Waals surface area contributed by atoms with Crippen LogP contribution in [0.2, 0.25) is 0 Å². The Balaban J connectivity index is 2.34. The lowest BCUT2D eigenvalue weighted by Gasteiger charge is -2.11. The highest BCUT2D eigenvalue weighted by atomic mass is 16.3. The summed E-state index contributed by atoms with van der Waals surface area (Å²) in [6, 6.07) is 17.9. The standard InChI is InChI=1S/C18H17NO/c1-3-13(2)18-12-14-6-4-5-7-17(14)19(18)15-8-10-16(20)11-9-15/h3-12,20H,1-2H3. The maximum absolute atomic E-state index is 9.47. The number of phenolic OH excluding ortho intramolecular Hbond substituents is 1. The van der Waals surface area contributed by atoms with Crippen LogP contribution in [-0.2, 0) is 0 Å². The molecule has 0 spiro atoms. The molecule has 100 valence electrons. The molecule has 2 aromatic carbocycles. The van der Waals surface area contributed by atoms with Crippen molar-refractivity contribution in [1.29, 1.82) is 0 Å². The summed E-state index contributed by atoms with van der Waals surface area (Å²) in [7, 11) is 0. The summed E-state index contributed by atoms with van der Waals surface area (Å²) in [6.45, 7) is 4.17. The number of fused-ring (bicyclic) bond motifs is 1. The average Bonchev–Trinajstić information content (AvgIpc) is 2.87. The van der Waals surface area contributed by atoms with E-state index in [4.69, 9.17) is 0 Å². The lowest BCUT2D eigenvalue weighted by molar-refractivity contribution is 0.475. The van der Waals surface area contributed by atoms with Crippen LogP contribution in [0.25, 0.3) is 22.2 Å². The highest BCUT2D eigenvalue weighted by molar-refractivity contribution is 5.87. The molecule has 0 saturated heterocycles. The van der Waals surface area contributed by atoms with Crippen LogP contribution in [0, 0.1) is 0 Å². The molecule has 0 aliphatic carbocycles. The van der Waals surface area contributed by atoms with E-state index in [2.05, 4.69) is 41.8 Å². The lowest BCUT2D eigenvalue weighted by Crippen LogP contribution is -1.98. The summed E-state index contributed by atoms with van der Waals surface area (Å²) in [5, 5.41) is 10.7. The van der Waals surface area contributed by atoms with Gasteiger partial charge < -0.3 is 9.67 Å². The predicted molar refractivity (Wildman–Crippen MR) is 84.3 cm³/mol. The summed E-state index contributed by atoms with van der Waals surface area (Å²) in [6.07, 6.45) is 2.12. The van der Waals surface area contributed by atoms with E-state index in [9.17, 15) is 5.11 Å². The molecule has 0 amide bonds. The molecule has 1 N–H and O–H groups in total. The fourth-order valence-electron chi connectivity index (χ4n) is 2.47. The zero-order chi connectivity index (χ0) is 14.1. The van der Waals surface area contributed by atoms with Gasteiger partial charge in [-0.15, -0.1) is 0 Å². The van der Waals surface area contributed by atoms with E-state index in [0.29, 0.717) is 0 Å². The number of aromatic nitrogens is 1. The molecule has 1 aromatic heterocycles. The van der Waals surface area contributed by atoms with E-state index in [1.807, 2.05) is 25.1 Å². The number of benzene rings is 2. The third-order valence-corrected chi connectivity index (χ3v) is 3.66. The maximum Gasteiger partial charge on any atom is 0.115 e. The van der Waals surface area contributed by atoms with Crippen molar-refractivity contribution in [2.24, 2.45) is 0 Å². The van der Waals surface area contributed by atoms with E-state index >= 15 is 0 Å². The SMILES string of the molecule is CC=C(C)c1cc2ccccc2n1-c1ccc(O)cc1. The van der Waals surface area contributed by atoms with Gasteiger partial charge >= 0.3 is 0 Å². The average molecular weight is 263 g/mol. The molecule has 0 aliphatic heterocycles. The Bertz CT molecular complexity index is 779. The molecule has 1 heterocycles. The first-order valence-corrected chi connectivity index (χ1v) is 6.74. The van der Waals surface area contributed by atoms with E-state index in [-0.39, 0.29) is 5.75 Å². The second-order valence-corrected chi connectivity index (χ2v) is 4.91. The Kier molecular flexibility index (Phi) is 3.07. The molecule has 2 nitrogen and oxygen atoms in total. The third kappa shape index (κ3) is 1.99. The molecule has 2 heteroatoms. The van der Waals surface area contributed by atoms with Crippen molar-refractivity contribution in [3.8, 4) is 11.4 Å². The first-order chi connectivity index (χ1) is 9.70. The molecule has 3 aromatic rings. The number of phenols is 1. The summed E-state index contributed by atoms with van der Waals surface area (Å²) in [4.78, 5) is 0. The fourth-order valence-corrected chi connectivity index (χ4v) is 2.47. The number of allylic oxidation sites excluding steroid dienone is 2. The van der Waals surface area contributed by atoms with Crippen LogP contribution < -0.4 is 0 Å². The Morgan fingerprint density at radius 2 is 1.75 bits per heavy atom. The monoisotopic (exact) mass is 263 g/mol. The van der Waals surface area contributed by atoms with Gasteiger partial charge in [-0.2, -0.15) is 0 Å². The highest BCUT2D eigenvalue weighted by Crippen LogP contribution is 2.29. The van der Waals surface area contributed by atoms with Crippen molar-refractivity contribution in [3.63, 3.8) is 0 Å². The molecule has 0 aliphatic rings. The van der Waals surface area contributed by atoms with Crippen LogP contribution in [0.15, 0.2) is 60.7 Å². The largest absolute Gasteiger partial charge is 0.508 e. The van der Waals surface area contributed by atoms with E-state index in [1.54, 1.807) is 12.1 Å². The van der Waals surface area contributed by atoms with Crippen molar-refractivity contribution in [3.05, 3.63) is 66.4 Å². The van der Waals surface area contributed by atoms with Crippen molar-refractivity contribution >= 4 is 16.5 Å². The maximum atomic E-state index is 9.47. The van der Waals surface area contributed by atoms with Crippen LogP contribution in [-0.4, -0.2) is 9.67 Å². The lowest BCUT2D eigenvalue weighted by atomic mass is 10.2. The van der Waals surface area contributed by atoms with Gasteiger partial charge in [0.15, 0.2) is 0 Å². The number of nitrogens with zero attached hydrogens (tertiary/aromatic N) is 1. The quantitative estimate of drug-likeness (QED) is 0.708.